The number of halogens is 1. The lowest BCUT2D eigenvalue weighted by Gasteiger charge is -2.21. The van der Waals surface area contributed by atoms with Gasteiger partial charge in [-0.2, -0.15) is 0 Å². The summed E-state index contributed by atoms with van der Waals surface area (Å²) in [4.78, 5) is 30.1. The molecule has 2 fully saturated rings. The van der Waals surface area contributed by atoms with Crippen molar-refractivity contribution in [2.45, 2.75) is 38.3 Å². The molecule has 2 aromatic heterocycles. The van der Waals surface area contributed by atoms with Crippen molar-refractivity contribution in [3.63, 3.8) is 0 Å². The molecule has 1 saturated carbocycles. The third-order valence-electron chi connectivity index (χ3n) is 5.38. The Morgan fingerprint density at radius 3 is 2.73 bits per heavy atom. The lowest BCUT2D eigenvalue weighted by atomic mass is 10.0. The summed E-state index contributed by atoms with van der Waals surface area (Å²) in [7, 11) is 0. The first kappa shape index (κ1) is 17.0. The summed E-state index contributed by atoms with van der Waals surface area (Å²) in [6.07, 6.45) is 3.99. The van der Waals surface area contributed by atoms with Gasteiger partial charge in [0.2, 0.25) is 5.43 Å². The average molecular weight is 360 g/mol. The average Bonchev–Trinajstić information content (AvgIpc) is 3.30. The first-order valence-electron chi connectivity index (χ1n) is 8.86. The van der Waals surface area contributed by atoms with Gasteiger partial charge >= 0.3 is 5.97 Å². The molecule has 26 heavy (non-hydrogen) atoms. The molecule has 1 unspecified atom stereocenters. The predicted octanol–water partition coefficient (Wildman–Crippen LogP) is 1.74. The number of fused-ring (bicyclic) bond motifs is 1. The van der Waals surface area contributed by atoms with Crippen LogP contribution < -0.4 is 16.1 Å². The highest BCUT2D eigenvalue weighted by Crippen LogP contribution is 2.37. The number of aromatic nitrogens is 2. The zero-order valence-corrected chi connectivity index (χ0v) is 14.5. The minimum absolute atomic E-state index is 0.0148. The molecular weight excluding hydrogens is 339 g/mol. The second-order valence-corrected chi connectivity index (χ2v) is 7.33. The van der Waals surface area contributed by atoms with Gasteiger partial charge in [0.15, 0.2) is 11.6 Å². The van der Waals surface area contributed by atoms with Gasteiger partial charge in [0.1, 0.15) is 11.2 Å². The van der Waals surface area contributed by atoms with Crippen LogP contribution in [-0.2, 0) is 0 Å². The maximum atomic E-state index is 14.7. The number of nitrogens with two attached hydrogens (primary N) is 1. The summed E-state index contributed by atoms with van der Waals surface area (Å²) in [5.41, 5.74) is 5.26. The van der Waals surface area contributed by atoms with Crippen molar-refractivity contribution in [2.24, 2.45) is 11.7 Å². The minimum Gasteiger partial charge on any atom is -0.477 e. The van der Waals surface area contributed by atoms with Gasteiger partial charge in [0, 0.05) is 31.4 Å². The second kappa shape index (κ2) is 6.05. The van der Waals surface area contributed by atoms with Crippen LogP contribution in [0.2, 0.25) is 0 Å². The maximum Gasteiger partial charge on any atom is 0.341 e. The molecule has 7 nitrogen and oxygen atoms in total. The van der Waals surface area contributed by atoms with E-state index in [1.807, 2.05) is 11.8 Å². The molecular formula is C18H21FN4O3. The number of anilines is 1. The van der Waals surface area contributed by atoms with Gasteiger partial charge in [-0.1, -0.05) is 0 Å². The molecule has 0 amide bonds. The van der Waals surface area contributed by atoms with Gasteiger partial charge in [-0.3, -0.25) is 4.79 Å². The standard InChI is InChI=1S/C18H21FN4O3/c1-9(20)10-4-5-22(7-10)17-14(19)6-12-15(24)13(18(25)26)8-23(11-2-3-11)16(12)21-17/h6,8-11H,2-5,7,20H2,1H3,(H,25,26)/t9-,10?/m1/s1. The number of hydrogen-bond donors (Lipinski definition) is 2. The Morgan fingerprint density at radius 2 is 2.15 bits per heavy atom. The van der Waals surface area contributed by atoms with Crippen molar-refractivity contribution in [1.82, 2.24) is 9.55 Å². The van der Waals surface area contributed by atoms with Crippen LogP contribution >= 0.6 is 0 Å². The molecule has 3 heterocycles. The van der Waals surface area contributed by atoms with Crippen molar-refractivity contribution in [3.05, 3.63) is 33.9 Å². The molecule has 0 aromatic carbocycles. The van der Waals surface area contributed by atoms with Gasteiger partial charge in [0.25, 0.3) is 0 Å². The van der Waals surface area contributed by atoms with E-state index in [4.69, 9.17) is 5.73 Å². The van der Waals surface area contributed by atoms with Crippen molar-refractivity contribution in [1.29, 1.82) is 0 Å². The summed E-state index contributed by atoms with van der Waals surface area (Å²) in [5.74, 6) is -1.44. The lowest BCUT2D eigenvalue weighted by Crippen LogP contribution is -2.30. The van der Waals surface area contributed by atoms with Gasteiger partial charge in [0.05, 0.1) is 5.39 Å². The number of carboxylic acids is 1. The molecule has 8 heteroatoms. The lowest BCUT2D eigenvalue weighted by molar-refractivity contribution is 0.0695. The number of carboxylic acid groups (broad SMARTS) is 1. The molecule has 1 aliphatic carbocycles. The highest BCUT2D eigenvalue weighted by atomic mass is 19.1. The van der Waals surface area contributed by atoms with E-state index in [9.17, 15) is 19.1 Å². The van der Waals surface area contributed by atoms with Crippen molar-refractivity contribution in [2.75, 3.05) is 18.0 Å². The summed E-state index contributed by atoms with van der Waals surface area (Å²) in [6, 6.07) is 1.26. The van der Waals surface area contributed by atoms with E-state index in [1.54, 1.807) is 4.57 Å². The maximum absolute atomic E-state index is 14.7. The zero-order chi connectivity index (χ0) is 18.6. The quantitative estimate of drug-likeness (QED) is 0.861. The van der Waals surface area contributed by atoms with Crippen LogP contribution in [0.3, 0.4) is 0 Å². The Morgan fingerprint density at radius 1 is 1.42 bits per heavy atom. The third kappa shape index (κ3) is 2.74. The predicted molar refractivity (Wildman–Crippen MR) is 95.2 cm³/mol. The smallest absolute Gasteiger partial charge is 0.341 e. The van der Waals surface area contributed by atoms with Gasteiger partial charge < -0.3 is 20.3 Å². The van der Waals surface area contributed by atoms with Crippen LogP contribution in [0.1, 0.15) is 42.6 Å². The number of aromatic carboxylic acids is 1. The molecule has 138 valence electrons. The molecule has 2 aromatic rings. The Labute approximate surface area is 149 Å². The summed E-state index contributed by atoms with van der Waals surface area (Å²) < 4.78 is 16.4. The third-order valence-corrected chi connectivity index (χ3v) is 5.38. The molecule has 0 radical (unpaired) electrons. The number of pyridine rings is 2. The first-order chi connectivity index (χ1) is 12.4. The summed E-state index contributed by atoms with van der Waals surface area (Å²) in [6.45, 7) is 3.22. The van der Waals surface area contributed by atoms with E-state index in [2.05, 4.69) is 4.98 Å². The molecule has 1 saturated heterocycles. The van der Waals surface area contributed by atoms with Gasteiger partial charge in [-0.15, -0.1) is 0 Å². The fraction of sp³-hybridized carbons (Fsp3) is 0.500. The minimum atomic E-state index is -1.31. The molecule has 2 aliphatic rings. The molecule has 2 atom stereocenters. The van der Waals surface area contributed by atoms with E-state index in [0.717, 1.165) is 25.3 Å². The van der Waals surface area contributed by atoms with Crippen LogP contribution in [0.4, 0.5) is 10.2 Å². The van der Waals surface area contributed by atoms with Crippen LogP contribution in [0.5, 0.6) is 0 Å². The first-order valence-corrected chi connectivity index (χ1v) is 8.86. The second-order valence-electron chi connectivity index (χ2n) is 7.33. The molecule has 0 bridgehead atoms. The van der Waals surface area contributed by atoms with Crippen LogP contribution in [0.15, 0.2) is 17.1 Å². The van der Waals surface area contributed by atoms with Crippen LogP contribution in [0.25, 0.3) is 11.0 Å². The number of hydrogen-bond acceptors (Lipinski definition) is 5. The molecule has 4 rings (SSSR count). The van der Waals surface area contributed by atoms with E-state index in [1.165, 1.54) is 6.20 Å². The number of nitrogens with zero attached hydrogens (tertiary/aromatic N) is 3. The van der Waals surface area contributed by atoms with Crippen LogP contribution in [0, 0.1) is 11.7 Å². The monoisotopic (exact) mass is 360 g/mol. The SMILES string of the molecule is C[C@@H](N)C1CCN(c2nc3c(cc2F)c(=O)c(C(=O)O)cn3C2CC2)C1. The Kier molecular flexibility index (Phi) is 3.95. The molecule has 1 aliphatic heterocycles. The fourth-order valence-electron chi connectivity index (χ4n) is 3.65. The largest absolute Gasteiger partial charge is 0.477 e. The highest BCUT2D eigenvalue weighted by Gasteiger charge is 2.31. The topological polar surface area (TPSA) is 101 Å². The highest BCUT2D eigenvalue weighted by molar-refractivity contribution is 5.92. The van der Waals surface area contributed by atoms with Crippen molar-refractivity contribution >= 4 is 22.8 Å². The van der Waals surface area contributed by atoms with E-state index in [0.29, 0.717) is 18.7 Å². The Balaban J connectivity index is 1.86. The Hall–Kier alpha value is -2.48. The van der Waals surface area contributed by atoms with Crippen molar-refractivity contribution in [3.8, 4) is 0 Å². The Bertz CT molecular complexity index is 952. The van der Waals surface area contributed by atoms with Gasteiger partial charge in [-0.25, -0.2) is 14.2 Å². The summed E-state index contributed by atoms with van der Waals surface area (Å²) >= 11 is 0. The zero-order valence-electron chi connectivity index (χ0n) is 14.5. The number of carbonyl (C=O) groups is 1. The number of rotatable bonds is 4. The van der Waals surface area contributed by atoms with E-state index < -0.39 is 17.2 Å². The normalized spacial score (nSPS) is 21.3. The van der Waals surface area contributed by atoms with E-state index in [-0.39, 0.29) is 34.8 Å². The molecule has 0 spiro atoms. The van der Waals surface area contributed by atoms with Crippen molar-refractivity contribution < 1.29 is 14.3 Å². The summed E-state index contributed by atoms with van der Waals surface area (Å²) in [5, 5.41) is 9.30. The molecule has 3 N–H and O–H groups in total. The van der Waals surface area contributed by atoms with Crippen LogP contribution in [-0.4, -0.2) is 39.8 Å². The van der Waals surface area contributed by atoms with Gasteiger partial charge in [-0.05, 0) is 38.2 Å². The fourth-order valence-corrected chi connectivity index (χ4v) is 3.65. The van der Waals surface area contributed by atoms with E-state index >= 15 is 0 Å².